The van der Waals surface area contributed by atoms with Crippen LogP contribution >= 0.6 is 0 Å². The predicted molar refractivity (Wildman–Crippen MR) is 73.9 cm³/mol. The molecule has 0 spiro atoms. The largest absolute Gasteiger partial charge is 0.426 e. The van der Waals surface area contributed by atoms with E-state index in [-0.39, 0.29) is 6.54 Å². The molecule has 4 nitrogen and oxygen atoms in total. The Labute approximate surface area is 109 Å². The molecular formula is C15H12N2O2. The summed E-state index contributed by atoms with van der Waals surface area (Å²) < 4.78 is 5.09. The van der Waals surface area contributed by atoms with Crippen LogP contribution in [0.2, 0.25) is 0 Å². The second-order valence-electron chi connectivity index (χ2n) is 4.21. The number of rotatable bonds is 2. The number of nitrogens with zero attached hydrogens (tertiary/aromatic N) is 1. The average molecular weight is 252 g/mol. The van der Waals surface area contributed by atoms with Gasteiger partial charge < -0.3 is 10.5 Å². The third kappa shape index (κ3) is 2.26. The molecule has 3 rings (SSSR count). The SMILES string of the molecule is NCC(=O)Oc1ccc2nc3ccccc3cc2c1. The standard InChI is InChI=1S/C15H12N2O2/c16-9-15(18)19-12-5-6-14-11(8-12)7-10-3-1-2-4-13(10)17-14/h1-8H,9,16H2. The summed E-state index contributed by atoms with van der Waals surface area (Å²) in [7, 11) is 0. The zero-order valence-electron chi connectivity index (χ0n) is 10.2. The first-order valence-corrected chi connectivity index (χ1v) is 5.96. The molecule has 0 amide bonds. The Balaban J connectivity index is 2.11. The molecule has 4 heteroatoms. The van der Waals surface area contributed by atoms with E-state index in [4.69, 9.17) is 10.5 Å². The van der Waals surface area contributed by atoms with Gasteiger partial charge in [0.25, 0.3) is 0 Å². The van der Waals surface area contributed by atoms with Crippen LogP contribution in [-0.2, 0) is 4.79 Å². The molecule has 0 aliphatic heterocycles. The normalized spacial score (nSPS) is 10.8. The summed E-state index contributed by atoms with van der Waals surface area (Å²) in [6.07, 6.45) is 0. The molecule has 3 aromatic rings. The molecule has 19 heavy (non-hydrogen) atoms. The highest BCUT2D eigenvalue weighted by atomic mass is 16.5. The number of hydrogen-bond donors (Lipinski definition) is 1. The molecule has 0 saturated carbocycles. The highest BCUT2D eigenvalue weighted by Crippen LogP contribution is 2.23. The first kappa shape index (κ1) is 11.6. The maximum atomic E-state index is 11.2. The number of carbonyl (C=O) groups excluding carboxylic acids is 1. The quantitative estimate of drug-likeness (QED) is 0.431. The lowest BCUT2D eigenvalue weighted by Crippen LogP contribution is -2.19. The van der Waals surface area contributed by atoms with Crippen LogP contribution in [0.1, 0.15) is 0 Å². The summed E-state index contributed by atoms with van der Waals surface area (Å²) in [6, 6.07) is 15.3. The van der Waals surface area contributed by atoms with E-state index in [2.05, 4.69) is 4.98 Å². The fourth-order valence-corrected chi connectivity index (χ4v) is 2.00. The zero-order chi connectivity index (χ0) is 13.2. The molecule has 0 atom stereocenters. The Morgan fingerprint density at radius 2 is 1.84 bits per heavy atom. The van der Waals surface area contributed by atoms with Crippen molar-refractivity contribution in [2.75, 3.05) is 6.54 Å². The van der Waals surface area contributed by atoms with Gasteiger partial charge in [0, 0.05) is 10.8 Å². The number of nitrogens with two attached hydrogens (primary N) is 1. The number of benzene rings is 2. The van der Waals surface area contributed by atoms with Gasteiger partial charge in [-0.15, -0.1) is 0 Å². The van der Waals surface area contributed by atoms with Crippen molar-refractivity contribution in [2.45, 2.75) is 0 Å². The Morgan fingerprint density at radius 3 is 2.68 bits per heavy atom. The number of fused-ring (bicyclic) bond motifs is 2. The molecule has 94 valence electrons. The van der Waals surface area contributed by atoms with Gasteiger partial charge in [-0.2, -0.15) is 0 Å². The van der Waals surface area contributed by atoms with Crippen LogP contribution in [-0.4, -0.2) is 17.5 Å². The number of para-hydroxylation sites is 1. The van der Waals surface area contributed by atoms with Crippen LogP contribution in [0.25, 0.3) is 21.8 Å². The van der Waals surface area contributed by atoms with Crippen molar-refractivity contribution in [1.29, 1.82) is 0 Å². The van der Waals surface area contributed by atoms with Crippen LogP contribution in [0.15, 0.2) is 48.5 Å². The number of pyridine rings is 1. The van der Waals surface area contributed by atoms with Crippen molar-refractivity contribution >= 4 is 27.8 Å². The fourth-order valence-electron chi connectivity index (χ4n) is 2.00. The van der Waals surface area contributed by atoms with E-state index in [0.717, 1.165) is 21.8 Å². The van der Waals surface area contributed by atoms with Crippen molar-refractivity contribution in [3.8, 4) is 5.75 Å². The van der Waals surface area contributed by atoms with Crippen molar-refractivity contribution in [3.63, 3.8) is 0 Å². The fraction of sp³-hybridized carbons (Fsp3) is 0.0667. The summed E-state index contributed by atoms with van der Waals surface area (Å²) >= 11 is 0. The number of carbonyl (C=O) groups is 1. The van der Waals surface area contributed by atoms with Gasteiger partial charge in [0.2, 0.25) is 0 Å². The van der Waals surface area contributed by atoms with Gasteiger partial charge in [-0.3, -0.25) is 4.79 Å². The minimum absolute atomic E-state index is 0.131. The summed E-state index contributed by atoms with van der Waals surface area (Å²) in [5, 5.41) is 1.98. The molecule has 0 unspecified atom stereocenters. The maximum absolute atomic E-state index is 11.2. The van der Waals surface area contributed by atoms with Crippen LogP contribution in [0.3, 0.4) is 0 Å². The second kappa shape index (κ2) is 4.66. The van der Waals surface area contributed by atoms with E-state index in [1.165, 1.54) is 0 Å². The van der Waals surface area contributed by atoms with Gasteiger partial charge in [0.1, 0.15) is 5.75 Å². The van der Waals surface area contributed by atoms with E-state index in [0.29, 0.717) is 5.75 Å². The molecule has 0 aliphatic rings. The first-order chi connectivity index (χ1) is 9.26. The smallest absolute Gasteiger partial charge is 0.325 e. The molecule has 2 aromatic carbocycles. The molecule has 1 heterocycles. The molecule has 0 saturated heterocycles. The Bertz CT molecular complexity index is 768. The van der Waals surface area contributed by atoms with Gasteiger partial charge >= 0.3 is 5.97 Å². The predicted octanol–water partition coefficient (Wildman–Crippen LogP) is 2.25. The van der Waals surface area contributed by atoms with Crippen LogP contribution < -0.4 is 10.5 Å². The lowest BCUT2D eigenvalue weighted by atomic mass is 10.1. The van der Waals surface area contributed by atoms with E-state index in [9.17, 15) is 4.79 Å². The number of aromatic nitrogens is 1. The van der Waals surface area contributed by atoms with E-state index in [1.54, 1.807) is 12.1 Å². The third-order valence-corrected chi connectivity index (χ3v) is 2.89. The van der Waals surface area contributed by atoms with Crippen molar-refractivity contribution < 1.29 is 9.53 Å². The third-order valence-electron chi connectivity index (χ3n) is 2.89. The lowest BCUT2D eigenvalue weighted by Gasteiger charge is -2.05. The van der Waals surface area contributed by atoms with Crippen molar-refractivity contribution in [3.05, 3.63) is 48.5 Å². The van der Waals surface area contributed by atoms with Crippen molar-refractivity contribution in [2.24, 2.45) is 5.73 Å². The monoisotopic (exact) mass is 252 g/mol. The number of hydrogen-bond acceptors (Lipinski definition) is 4. The summed E-state index contributed by atoms with van der Waals surface area (Å²) in [6.45, 7) is -0.131. The van der Waals surface area contributed by atoms with Crippen LogP contribution in [0.5, 0.6) is 5.75 Å². The molecule has 0 bridgehead atoms. The Morgan fingerprint density at radius 1 is 1.05 bits per heavy atom. The first-order valence-electron chi connectivity index (χ1n) is 5.96. The minimum atomic E-state index is -0.451. The zero-order valence-corrected chi connectivity index (χ0v) is 10.2. The highest BCUT2D eigenvalue weighted by molar-refractivity contribution is 5.93. The van der Waals surface area contributed by atoms with E-state index in [1.807, 2.05) is 36.4 Å². The number of ether oxygens (including phenoxy) is 1. The van der Waals surface area contributed by atoms with Gasteiger partial charge in [-0.05, 0) is 30.3 Å². The molecule has 1 aromatic heterocycles. The molecule has 2 N–H and O–H groups in total. The average Bonchev–Trinajstić information content (AvgIpc) is 2.45. The van der Waals surface area contributed by atoms with Gasteiger partial charge in [0.15, 0.2) is 0 Å². The van der Waals surface area contributed by atoms with Crippen LogP contribution in [0.4, 0.5) is 0 Å². The number of esters is 1. The van der Waals surface area contributed by atoms with Gasteiger partial charge in [-0.25, -0.2) is 4.98 Å². The Hall–Kier alpha value is -2.46. The summed E-state index contributed by atoms with van der Waals surface area (Å²) in [5.41, 5.74) is 7.03. The summed E-state index contributed by atoms with van der Waals surface area (Å²) in [4.78, 5) is 15.7. The maximum Gasteiger partial charge on any atom is 0.325 e. The molecule has 0 radical (unpaired) electrons. The molecular weight excluding hydrogens is 240 g/mol. The highest BCUT2D eigenvalue weighted by Gasteiger charge is 2.04. The van der Waals surface area contributed by atoms with Crippen molar-refractivity contribution in [1.82, 2.24) is 4.98 Å². The molecule has 0 aliphatic carbocycles. The van der Waals surface area contributed by atoms with E-state index >= 15 is 0 Å². The topological polar surface area (TPSA) is 65.2 Å². The summed E-state index contributed by atoms with van der Waals surface area (Å²) in [5.74, 6) is 0.0353. The van der Waals surface area contributed by atoms with Gasteiger partial charge in [-0.1, -0.05) is 18.2 Å². The van der Waals surface area contributed by atoms with Gasteiger partial charge in [0.05, 0.1) is 17.6 Å². The molecule has 0 fully saturated rings. The van der Waals surface area contributed by atoms with Crippen LogP contribution in [0, 0.1) is 0 Å². The minimum Gasteiger partial charge on any atom is -0.426 e. The Kier molecular flexibility index (Phi) is 2.85. The second-order valence-corrected chi connectivity index (χ2v) is 4.21. The lowest BCUT2D eigenvalue weighted by molar-refractivity contribution is -0.132. The van der Waals surface area contributed by atoms with E-state index < -0.39 is 5.97 Å².